The molecule has 0 aromatic heterocycles. The van der Waals surface area contributed by atoms with Crippen molar-refractivity contribution in [1.82, 2.24) is 0 Å². The maximum absolute atomic E-state index is 8.51. The fourth-order valence-corrected chi connectivity index (χ4v) is 1.40. The summed E-state index contributed by atoms with van der Waals surface area (Å²) in [4.78, 5) is 0. The standard InChI is InChI=1S/C12H14BrNO2/c13-6-8-15-9-10-16-12-3-1-11(2-4-12)5-7-14/h1-4H,5-6,8-10H2. The molecule has 0 saturated heterocycles. The van der Waals surface area contributed by atoms with Crippen molar-refractivity contribution in [1.29, 1.82) is 5.26 Å². The maximum Gasteiger partial charge on any atom is 0.119 e. The van der Waals surface area contributed by atoms with Crippen LogP contribution in [0.4, 0.5) is 0 Å². The van der Waals surface area contributed by atoms with Gasteiger partial charge in [0.15, 0.2) is 0 Å². The second-order valence-electron chi connectivity index (χ2n) is 3.13. The van der Waals surface area contributed by atoms with Gasteiger partial charge in [0, 0.05) is 5.33 Å². The molecule has 4 heteroatoms. The molecular formula is C12H14BrNO2. The molecule has 86 valence electrons. The minimum Gasteiger partial charge on any atom is -0.491 e. The summed E-state index contributed by atoms with van der Waals surface area (Å²) in [6.45, 7) is 1.83. The molecule has 0 bridgehead atoms. The fourth-order valence-electron chi connectivity index (χ4n) is 1.17. The van der Waals surface area contributed by atoms with Gasteiger partial charge in [-0.05, 0) is 17.7 Å². The smallest absolute Gasteiger partial charge is 0.119 e. The second kappa shape index (κ2) is 8.14. The molecule has 3 nitrogen and oxygen atoms in total. The first-order valence-electron chi connectivity index (χ1n) is 5.09. The Labute approximate surface area is 104 Å². The summed E-state index contributed by atoms with van der Waals surface area (Å²) in [6, 6.07) is 9.65. The van der Waals surface area contributed by atoms with Crippen molar-refractivity contribution in [3.8, 4) is 11.8 Å². The second-order valence-corrected chi connectivity index (χ2v) is 3.92. The van der Waals surface area contributed by atoms with E-state index in [-0.39, 0.29) is 0 Å². The molecular weight excluding hydrogens is 270 g/mol. The molecule has 0 aliphatic rings. The molecule has 0 fully saturated rings. The van der Waals surface area contributed by atoms with Crippen LogP contribution in [0, 0.1) is 11.3 Å². The van der Waals surface area contributed by atoms with Crippen LogP contribution < -0.4 is 4.74 Å². The summed E-state index contributed by atoms with van der Waals surface area (Å²) in [6.07, 6.45) is 0.439. The number of nitrogens with zero attached hydrogens (tertiary/aromatic N) is 1. The number of halogens is 1. The van der Waals surface area contributed by atoms with Crippen molar-refractivity contribution in [2.24, 2.45) is 0 Å². The van der Waals surface area contributed by atoms with Crippen molar-refractivity contribution in [3.05, 3.63) is 29.8 Å². The van der Waals surface area contributed by atoms with Crippen LogP contribution in [0.3, 0.4) is 0 Å². The van der Waals surface area contributed by atoms with Gasteiger partial charge in [-0.1, -0.05) is 28.1 Å². The van der Waals surface area contributed by atoms with Crippen LogP contribution >= 0.6 is 15.9 Å². The van der Waals surface area contributed by atoms with Gasteiger partial charge in [-0.25, -0.2) is 0 Å². The monoisotopic (exact) mass is 283 g/mol. The molecule has 0 aliphatic heterocycles. The van der Waals surface area contributed by atoms with E-state index in [0.717, 1.165) is 16.6 Å². The van der Waals surface area contributed by atoms with Gasteiger partial charge in [-0.3, -0.25) is 0 Å². The SMILES string of the molecule is N#CCc1ccc(OCCOCCBr)cc1. The number of hydrogen-bond donors (Lipinski definition) is 0. The maximum atomic E-state index is 8.51. The predicted octanol–water partition coefficient (Wildman–Crippen LogP) is 2.54. The van der Waals surface area contributed by atoms with Gasteiger partial charge in [-0.15, -0.1) is 0 Å². The molecule has 16 heavy (non-hydrogen) atoms. The predicted molar refractivity (Wildman–Crippen MR) is 65.9 cm³/mol. The molecule has 0 N–H and O–H groups in total. The quantitative estimate of drug-likeness (QED) is 0.571. The lowest BCUT2D eigenvalue weighted by molar-refractivity contribution is 0.112. The fraction of sp³-hybridized carbons (Fsp3) is 0.417. The highest BCUT2D eigenvalue weighted by Crippen LogP contribution is 2.12. The molecule has 0 spiro atoms. The van der Waals surface area contributed by atoms with E-state index in [1.165, 1.54) is 0 Å². The van der Waals surface area contributed by atoms with E-state index in [4.69, 9.17) is 14.7 Å². The van der Waals surface area contributed by atoms with Crippen molar-refractivity contribution in [3.63, 3.8) is 0 Å². The van der Waals surface area contributed by atoms with Crippen LogP contribution in [-0.4, -0.2) is 25.2 Å². The Hall–Kier alpha value is -1.05. The van der Waals surface area contributed by atoms with Gasteiger partial charge in [-0.2, -0.15) is 5.26 Å². The molecule has 0 unspecified atom stereocenters. The number of hydrogen-bond acceptors (Lipinski definition) is 3. The Morgan fingerprint density at radius 2 is 1.88 bits per heavy atom. The highest BCUT2D eigenvalue weighted by molar-refractivity contribution is 9.09. The van der Waals surface area contributed by atoms with Gasteiger partial charge < -0.3 is 9.47 Å². The first-order chi connectivity index (χ1) is 7.86. The zero-order valence-electron chi connectivity index (χ0n) is 8.99. The summed E-state index contributed by atoms with van der Waals surface area (Å²) >= 11 is 3.28. The number of ether oxygens (including phenoxy) is 2. The normalized spacial score (nSPS) is 9.75. The third-order valence-corrected chi connectivity index (χ3v) is 2.25. The Bertz CT molecular complexity index is 332. The first kappa shape index (κ1) is 13.0. The Morgan fingerprint density at radius 3 is 2.50 bits per heavy atom. The third kappa shape index (κ3) is 5.15. The van der Waals surface area contributed by atoms with Crippen molar-refractivity contribution >= 4 is 15.9 Å². The van der Waals surface area contributed by atoms with E-state index in [1.807, 2.05) is 24.3 Å². The van der Waals surface area contributed by atoms with E-state index in [1.54, 1.807) is 0 Å². The van der Waals surface area contributed by atoms with E-state index >= 15 is 0 Å². The van der Waals surface area contributed by atoms with Gasteiger partial charge >= 0.3 is 0 Å². The van der Waals surface area contributed by atoms with Crippen molar-refractivity contribution < 1.29 is 9.47 Å². The van der Waals surface area contributed by atoms with Crippen molar-refractivity contribution in [2.75, 3.05) is 25.2 Å². The highest BCUT2D eigenvalue weighted by Gasteiger charge is 1.95. The summed E-state index contributed by atoms with van der Waals surface area (Å²) in [5.41, 5.74) is 1.00. The molecule has 0 heterocycles. The van der Waals surface area contributed by atoms with Gasteiger partial charge in [0.05, 0.1) is 25.7 Å². The molecule has 0 aliphatic carbocycles. The summed E-state index contributed by atoms with van der Waals surface area (Å²) in [5, 5.41) is 9.35. The topological polar surface area (TPSA) is 42.2 Å². The summed E-state index contributed by atoms with van der Waals surface area (Å²) in [7, 11) is 0. The average molecular weight is 284 g/mol. The van der Waals surface area contributed by atoms with Gasteiger partial charge in [0.1, 0.15) is 12.4 Å². The van der Waals surface area contributed by atoms with Crippen LogP contribution in [0.25, 0.3) is 0 Å². The zero-order valence-corrected chi connectivity index (χ0v) is 10.6. The molecule has 0 radical (unpaired) electrons. The molecule has 1 aromatic carbocycles. The zero-order chi connectivity index (χ0) is 11.6. The van der Waals surface area contributed by atoms with Crippen molar-refractivity contribution in [2.45, 2.75) is 6.42 Å². The van der Waals surface area contributed by atoms with E-state index < -0.39 is 0 Å². The average Bonchev–Trinajstić information content (AvgIpc) is 2.31. The Morgan fingerprint density at radius 1 is 1.12 bits per heavy atom. The third-order valence-electron chi connectivity index (χ3n) is 1.92. The molecule has 0 amide bonds. The van der Waals surface area contributed by atoms with E-state index in [9.17, 15) is 0 Å². The van der Waals surface area contributed by atoms with E-state index in [0.29, 0.717) is 26.2 Å². The van der Waals surface area contributed by atoms with Gasteiger partial charge in [0.25, 0.3) is 0 Å². The van der Waals surface area contributed by atoms with Gasteiger partial charge in [0.2, 0.25) is 0 Å². The summed E-state index contributed by atoms with van der Waals surface area (Å²) < 4.78 is 10.7. The largest absolute Gasteiger partial charge is 0.491 e. The molecule has 0 atom stereocenters. The highest BCUT2D eigenvalue weighted by atomic mass is 79.9. The lowest BCUT2D eigenvalue weighted by atomic mass is 10.2. The minimum absolute atomic E-state index is 0.439. The first-order valence-corrected chi connectivity index (χ1v) is 6.21. The lowest BCUT2D eigenvalue weighted by Crippen LogP contribution is -2.07. The van der Waals surface area contributed by atoms with E-state index in [2.05, 4.69) is 22.0 Å². The van der Waals surface area contributed by atoms with Crippen LogP contribution in [0.15, 0.2) is 24.3 Å². The number of alkyl halides is 1. The minimum atomic E-state index is 0.439. The number of rotatable bonds is 7. The van der Waals surface area contributed by atoms with Crippen LogP contribution in [0.1, 0.15) is 5.56 Å². The van der Waals surface area contributed by atoms with Crippen LogP contribution in [0.5, 0.6) is 5.75 Å². The Kier molecular flexibility index (Phi) is 6.62. The number of nitriles is 1. The van der Waals surface area contributed by atoms with Crippen LogP contribution in [0.2, 0.25) is 0 Å². The molecule has 1 rings (SSSR count). The lowest BCUT2D eigenvalue weighted by Gasteiger charge is -2.06. The Balaban J connectivity index is 2.24. The van der Waals surface area contributed by atoms with Crippen LogP contribution in [-0.2, 0) is 11.2 Å². The molecule has 0 saturated carbocycles. The number of benzene rings is 1. The molecule has 1 aromatic rings. The summed E-state index contributed by atoms with van der Waals surface area (Å²) in [5.74, 6) is 0.809.